The SMILES string of the molecule is Cc1c(C#N)cccc1C1C(C#N)=C(C(C)(C)C)Nc2[nH]ncc21. The quantitative estimate of drug-likeness (QED) is 0.833. The van der Waals surface area contributed by atoms with Crippen molar-refractivity contribution in [3.8, 4) is 12.1 Å². The minimum atomic E-state index is -0.229. The molecule has 0 amide bonds. The summed E-state index contributed by atoms with van der Waals surface area (Å²) in [5.74, 6) is 0.582. The first-order chi connectivity index (χ1) is 11.4. The number of hydrogen-bond donors (Lipinski definition) is 2. The van der Waals surface area contributed by atoms with Gasteiger partial charge in [0.15, 0.2) is 0 Å². The van der Waals surface area contributed by atoms with Crippen LogP contribution in [0.3, 0.4) is 0 Å². The number of allylic oxidation sites excluding steroid dienone is 2. The number of anilines is 1. The van der Waals surface area contributed by atoms with Gasteiger partial charge in [0.05, 0.1) is 35.4 Å². The van der Waals surface area contributed by atoms with Crippen LogP contribution in [0, 0.1) is 35.0 Å². The molecule has 2 heterocycles. The molecule has 1 aliphatic heterocycles. The highest BCUT2D eigenvalue weighted by atomic mass is 15.2. The van der Waals surface area contributed by atoms with Gasteiger partial charge in [-0.15, -0.1) is 0 Å². The number of aromatic amines is 1. The summed E-state index contributed by atoms with van der Waals surface area (Å²) in [6, 6.07) is 10.3. The maximum absolute atomic E-state index is 9.89. The fraction of sp³-hybridized carbons (Fsp3) is 0.316. The molecule has 0 saturated heterocycles. The van der Waals surface area contributed by atoms with Gasteiger partial charge in [0.1, 0.15) is 5.82 Å². The summed E-state index contributed by atoms with van der Waals surface area (Å²) in [4.78, 5) is 0. The van der Waals surface area contributed by atoms with Crippen molar-refractivity contribution in [2.24, 2.45) is 5.41 Å². The van der Waals surface area contributed by atoms with Crippen LogP contribution < -0.4 is 5.32 Å². The Morgan fingerprint density at radius 3 is 2.50 bits per heavy atom. The van der Waals surface area contributed by atoms with Crippen molar-refractivity contribution in [1.29, 1.82) is 10.5 Å². The Morgan fingerprint density at radius 1 is 1.12 bits per heavy atom. The van der Waals surface area contributed by atoms with Crippen LogP contribution >= 0.6 is 0 Å². The lowest BCUT2D eigenvalue weighted by atomic mass is 9.76. The topological polar surface area (TPSA) is 88.3 Å². The van der Waals surface area contributed by atoms with Gasteiger partial charge in [-0.05, 0) is 24.1 Å². The predicted molar refractivity (Wildman–Crippen MR) is 92.0 cm³/mol. The number of benzene rings is 1. The average molecular weight is 317 g/mol. The smallest absolute Gasteiger partial charge is 0.129 e. The zero-order chi connectivity index (χ0) is 17.5. The molecule has 2 aromatic rings. The molecule has 24 heavy (non-hydrogen) atoms. The molecule has 2 N–H and O–H groups in total. The van der Waals surface area contributed by atoms with E-state index >= 15 is 0 Å². The number of H-pyrrole nitrogens is 1. The minimum absolute atomic E-state index is 0.215. The number of fused-ring (bicyclic) bond motifs is 1. The first-order valence-corrected chi connectivity index (χ1v) is 7.83. The summed E-state index contributed by atoms with van der Waals surface area (Å²) in [5, 5.41) is 29.7. The van der Waals surface area contributed by atoms with E-state index in [1.165, 1.54) is 0 Å². The van der Waals surface area contributed by atoms with Crippen molar-refractivity contribution < 1.29 is 0 Å². The molecule has 0 aliphatic carbocycles. The zero-order valence-electron chi connectivity index (χ0n) is 14.2. The average Bonchev–Trinajstić information content (AvgIpc) is 3.01. The molecule has 1 aliphatic rings. The van der Waals surface area contributed by atoms with Crippen molar-refractivity contribution in [2.75, 3.05) is 5.32 Å². The summed E-state index contributed by atoms with van der Waals surface area (Å²) in [6.45, 7) is 8.15. The van der Waals surface area contributed by atoms with E-state index < -0.39 is 0 Å². The van der Waals surface area contributed by atoms with Crippen molar-refractivity contribution in [2.45, 2.75) is 33.6 Å². The third-order valence-electron chi connectivity index (χ3n) is 4.47. The molecule has 1 unspecified atom stereocenters. The second kappa shape index (κ2) is 5.54. The third kappa shape index (κ3) is 2.35. The van der Waals surface area contributed by atoms with Crippen LogP contribution in [-0.2, 0) is 0 Å². The van der Waals surface area contributed by atoms with Crippen LogP contribution in [0.1, 0.15) is 48.9 Å². The summed E-state index contributed by atoms with van der Waals surface area (Å²) in [5.41, 5.74) is 4.77. The largest absolute Gasteiger partial charge is 0.342 e. The first-order valence-electron chi connectivity index (χ1n) is 7.83. The monoisotopic (exact) mass is 317 g/mol. The number of nitrogens with zero attached hydrogens (tertiary/aromatic N) is 3. The van der Waals surface area contributed by atoms with E-state index in [1.54, 1.807) is 12.3 Å². The van der Waals surface area contributed by atoms with Crippen molar-refractivity contribution in [3.63, 3.8) is 0 Å². The van der Waals surface area contributed by atoms with E-state index in [4.69, 9.17) is 0 Å². The first kappa shape index (κ1) is 15.8. The van der Waals surface area contributed by atoms with Crippen LogP contribution in [0.25, 0.3) is 0 Å². The summed E-state index contributed by atoms with van der Waals surface area (Å²) in [6.07, 6.45) is 1.75. The number of nitriles is 2. The Hall–Kier alpha value is -3.05. The van der Waals surface area contributed by atoms with Gasteiger partial charge in [-0.3, -0.25) is 5.10 Å². The zero-order valence-corrected chi connectivity index (χ0v) is 14.2. The Bertz CT molecular complexity index is 912. The van der Waals surface area contributed by atoms with Gasteiger partial charge in [0.2, 0.25) is 0 Å². The van der Waals surface area contributed by atoms with E-state index in [9.17, 15) is 10.5 Å². The molecular weight excluding hydrogens is 298 g/mol. The lowest BCUT2D eigenvalue weighted by Crippen LogP contribution is -2.26. The van der Waals surface area contributed by atoms with Gasteiger partial charge in [-0.2, -0.15) is 15.6 Å². The van der Waals surface area contributed by atoms with Crippen LogP contribution in [0.5, 0.6) is 0 Å². The van der Waals surface area contributed by atoms with E-state index in [0.717, 1.165) is 28.2 Å². The predicted octanol–water partition coefficient (Wildman–Crippen LogP) is 3.97. The molecule has 0 radical (unpaired) electrons. The van der Waals surface area contributed by atoms with E-state index in [0.29, 0.717) is 11.1 Å². The molecule has 0 spiro atoms. The third-order valence-corrected chi connectivity index (χ3v) is 4.47. The minimum Gasteiger partial charge on any atom is -0.342 e. The highest BCUT2D eigenvalue weighted by Gasteiger charge is 2.36. The lowest BCUT2D eigenvalue weighted by molar-refractivity contribution is 0.498. The molecule has 1 aromatic carbocycles. The Morgan fingerprint density at radius 2 is 1.88 bits per heavy atom. The molecule has 0 saturated carbocycles. The Labute approximate surface area is 141 Å². The van der Waals surface area contributed by atoms with Crippen molar-refractivity contribution in [3.05, 3.63) is 57.9 Å². The van der Waals surface area contributed by atoms with Gasteiger partial charge in [-0.25, -0.2) is 0 Å². The van der Waals surface area contributed by atoms with Gasteiger partial charge in [-0.1, -0.05) is 32.9 Å². The number of aromatic nitrogens is 2. The molecule has 5 heteroatoms. The highest BCUT2D eigenvalue weighted by Crippen LogP contribution is 2.45. The second-order valence-electron chi connectivity index (χ2n) is 7.04. The van der Waals surface area contributed by atoms with Crippen molar-refractivity contribution >= 4 is 5.82 Å². The molecule has 0 fully saturated rings. The van der Waals surface area contributed by atoms with Crippen LogP contribution in [0.4, 0.5) is 5.82 Å². The number of hydrogen-bond acceptors (Lipinski definition) is 4. The van der Waals surface area contributed by atoms with Crippen LogP contribution in [0.2, 0.25) is 0 Å². The second-order valence-corrected chi connectivity index (χ2v) is 7.04. The maximum atomic E-state index is 9.89. The lowest BCUT2D eigenvalue weighted by Gasteiger charge is -2.33. The fourth-order valence-electron chi connectivity index (χ4n) is 3.23. The van der Waals surface area contributed by atoms with E-state index in [1.807, 2.05) is 19.1 Å². The maximum Gasteiger partial charge on any atom is 0.129 e. The Kier molecular flexibility index (Phi) is 3.66. The van der Waals surface area contributed by atoms with E-state index in [-0.39, 0.29) is 11.3 Å². The summed E-state index contributed by atoms with van der Waals surface area (Å²) < 4.78 is 0. The molecule has 1 aromatic heterocycles. The van der Waals surface area contributed by atoms with Gasteiger partial charge < -0.3 is 5.32 Å². The van der Waals surface area contributed by atoms with E-state index in [2.05, 4.69) is 48.4 Å². The molecule has 0 bridgehead atoms. The van der Waals surface area contributed by atoms with Gasteiger partial charge >= 0.3 is 0 Å². The number of nitrogens with one attached hydrogen (secondary N) is 2. The Balaban J connectivity index is 2.31. The standard InChI is InChI=1S/C19H19N5/c1-11-12(8-20)6-5-7-13(11)16-14(9-21)17(19(2,3)4)23-18-15(16)10-22-24-18/h5-7,10,16H,1-4H3,(H2,22,23,24). The highest BCUT2D eigenvalue weighted by molar-refractivity contribution is 5.66. The summed E-state index contributed by atoms with van der Waals surface area (Å²) in [7, 11) is 0. The number of rotatable bonds is 1. The molecule has 120 valence electrons. The normalized spacial score (nSPS) is 16.8. The van der Waals surface area contributed by atoms with Crippen LogP contribution in [0.15, 0.2) is 35.7 Å². The van der Waals surface area contributed by atoms with Gasteiger partial charge in [0, 0.05) is 16.7 Å². The summed E-state index contributed by atoms with van der Waals surface area (Å²) >= 11 is 0. The molecule has 1 atom stereocenters. The van der Waals surface area contributed by atoms with Crippen LogP contribution in [-0.4, -0.2) is 10.2 Å². The molecular formula is C19H19N5. The van der Waals surface area contributed by atoms with Gasteiger partial charge in [0.25, 0.3) is 0 Å². The molecule has 3 rings (SSSR count). The molecule has 5 nitrogen and oxygen atoms in total. The fourth-order valence-corrected chi connectivity index (χ4v) is 3.23. The van der Waals surface area contributed by atoms with Crippen molar-refractivity contribution in [1.82, 2.24) is 10.2 Å².